The first-order valence-corrected chi connectivity index (χ1v) is 4.96. The fraction of sp³-hybridized carbons (Fsp3) is 0.800. The van der Waals surface area contributed by atoms with E-state index in [1.54, 1.807) is 0 Å². The Labute approximate surface area is 81.5 Å². The molecule has 78 valence electrons. The number of rotatable bonds is 9. The summed E-state index contributed by atoms with van der Waals surface area (Å²) in [5, 5.41) is 0. The number of nitrogens with zero attached hydrogens (tertiary/aromatic N) is 1. The molecule has 0 aromatic carbocycles. The molecule has 0 aliphatic rings. The molecule has 3 nitrogen and oxygen atoms in total. The smallest absolute Gasteiger partial charge is 0.0594 e. The molecule has 0 aromatic rings. The SMILES string of the molecule is C=CCN(CCC)CCOCCN. The van der Waals surface area contributed by atoms with Crippen LogP contribution >= 0.6 is 0 Å². The van der Waals surface area contributed by atoms with Gasteiger partial charge in [-0.1, -0.05) is 13.0 Å². The molecule has 0 saturated carbocycles. The van der Waals surface area contributed by atoms with Crippen molar-refractivity contribution in [1.82, 2.24) is 4.90 Å². The van der Waals surface area contributed by atoms with E-state index in [1.807, 2.05) is 6.08 Å². The highest BCUT2D eigenvalue weighted by molar-refractivity contribution is 4.72. The lowest BCUT2D eigenvalue weighted by atomic mass is 10.4. The predicted octanol–water partition coefficient (Wildman–Crippen LogP) is 0.860. The van der Waals surface area contributed by atoms with Crippen molar-refractivity contribution in [3.8, 4) is 0 Å². The van der Waals surface area contributed by atoms with Gasteiger partial charge in [0.15, 0.2) is 0 Å². The summed E-state index contributed by atoms with van der Waals surface area (Å²) in [7, 11) is 0. The zero-order chi connectivity index (χ0) is 9.94. The van der Waals surface area contributed by atoms with Gasteiger partial charge in [0.1, 0.15) is 0 Å². The zero-order valence-electron chi connectivity index (χ0n) is 8.67. The second kappa shape index (κ2) is 9.71. The second-order valence-electron chi connectivity index (χ2n) is 2.99. The van der Waals surface area contributed by atoms with E-state index in [0.717, 1.165) is 26.2 Å². The summed E-state index contributed by atoms with van der Waals surface area (Å²) in [6.07, 6.45) is 3.10. The molecule has 0 aliphatic carbocycles. The number of nitrogens with two attached hydrogens (primary N) is 1. The molecule has 0 fully saturated rings. The molecule has 2 N–H and O–H groups in total. The molecule has 0 radical (unpaired) electrons. The molecular formula is C10H22N2O. The summed E-state index contributed by atoms with van der Waals surface area (Å²) < 4.78 is 5.30. The standard InChI is InChI=1S/C10H22N2O/c1-3-6-12(7-4-2)8-10-13-9-5-11/h3H,1,4-11H2,2H3. The summed E-state index contributed by atoms with van der Waals surface area (Å²) in [6.45, 7) is 11.0. The third kappa shape index (κ3) is 7.96. The van der Waals surface area contributed by atoms with Gasteiger partial charge in [0.2, 0.25) is 0 Å². The Morgan fingerprint density at radius 2 is 2.15 bits per heavy atom. The van der Waals surface area contributed by atoms with Crippen molar-refractivity contribution >= 4 is 0 Å². The molecule has 0 aromatic heterocycles. The van der Waals surface area contributed by atoms with Crippen LogP contribution in [-0.4, -0.2) is 44.3 Å². The average Bonchev–Trinajstić information content (AvgIpc) is 2.13. The van der Waals surface area contributed by atoms with Crippen LogP contribution in [0.5, 0.6) is 0 Å². The third-order valence-electron chi connectivity index (χ3n) is 1.74. The Morgan fingerprint density at radius 1 is 1.38 bits per heavy atom. The van der Waals surface area contributed by atoms with Crippen molar-refractivity contribution < 1.29 is 4.74 Å². The van der Waals surface area contributed by atoms with Gasteiger partial charge in [0.25, 0.3) is 0 Å². The van der Waals surface area contributed by atoms with Crippen LogP contribution < -0.4 is 5.73 Å². The average molecular weight is 186 g/mol. The van der Waals surface area contributed by atoms with E-state index >= 15 is 0 Å². The fourth-order valence-electron chi connectivity index (χ4n) is 1.17. The van der Waals surface area contributed by atoms with Crippen LogP contribution in [-0.2, 0) is 4.74 Å². The van der Waals surface area contributed by atoms with Gasteiger partial charge in [-0.2, -0.15) is 0 Å². The topological polar surface area (TPSA) is 38.5 Å². The minimum atomic E-state index is 0.606. The quantitative estimate of drug-likeness (QED) is 0.429. The molecule has 0 rings (SSSR count). The Morgan fingerprint density at radius 3 is 2.69 bits per heavy atom. The lowest BCUT2D eigenvalue weighted by Gasteiger charge is -2.19. The monoisotopic (exact) mass is 186 g/mol. The largest absolute Gasteiger partial charge is 0.379 e. The van der Waals surface area contributed by atoms with Crippen LogP contribution in [0, 0.1) is 0 Å². The molecule has 13 heavy (non-hydrogen) atoms. The molecular weight excluding hydrogens is 164 g/mol. The molecule has 0 amide bonds. The van der Waals surface area contributed by atoms with Crippen molar-refractivity contribution in [2.24, 2.45) is 5.73 Å². The minimum absolute atomic E-state index is 0.606. The van der Waals surface area contributed by atoms with Crippen LogP contribution in [0.4, 0.5) is 0 Å². The summed E-state index contributed by atoms with van der Waals surface area (Å²) in [6, 6.07) is 0. The highest BCUT2D eigenvalue weighted by atomic mass is 16.5. The minimum Gasteiger partial charge on any atom is -0.379 e. The van der Waals surface area contributed by atoms with E-state index < -0.39 is 0 Å². The first-order valence-electron chi connectivity index (χ1n) is 4.96. The van der Waals surface area contributed by atoms with Gasteiger partial charge in [-0.3, -0.25) is 4.90 Å². The molecule has 0 heterocycles. The summed E-state index contributed by atoms with van der Waals surface area (Å²) in [5.41, 5.74) is 5.31. The van der Waals surface area contributed by atoms with Gasteiger partial charge in [-0.15, -0.1) is 6.58 Å². The lowest BCUT2D eigenvalue weighted by molar-refractivity contribution is 0.113. The van der Waals surface area contributed by atoms with Crippen molar-refractivity contribution in [3.63, 3.8) is 0 Å². The van der Waals surface area contributed by atoms with Crippen molar-refractivity contribution in [2.75, 3.05) is 39.4 Å². The van der Waals surface area contributed by atoms with Crippen molar-refractivity contribution in [3.05, 3.63) is 12.7 Å². The molecule has 0 atom stereocenters. The lowest BCUT2D eigenvalue weighted by Crippen LogP contribution is -2.29. The van der Waals surface area contributed by atoms with Gasteiger partial charge in [-0.05, 0) is 13.0 Å². The second-order valence-corrected chi connectivity index (χ2v) is 2.99. The van der Waals surface area contributed by atoms with Crippen LogP contribution in [0.25, 0.3) is 0 Å². The van der Waals surface area contributed by atoms with E-state index in [2.05, 4.69) is 18.4 Å². The van der Waals surface area contributed by atoms with E-state index in [-0.39, 0.29) is 0 Å². The summed E-state index contributed by atoms with van der Waals surface area (Å²) in [5.74, 6) is 0. The maximum absolute atomic E-state index is 5.31. The molecule has 0 spiro atoms. The van der Waals surface area contributed by atoms with Gasteiger partial charge in [0.05, 0.1) is 13.2 Å². The first kappa shape index (κ1) is 12.6. The molecule has 0 bridgehead atoms. The van der Waals surface area contributed by atoms with Crippen LogP contribution in [0.1, 0.15) is 13.3 Å². The molecule has 0 unspecified atom stereocenters. The van der Waals surface area contributed by atoms with E-state index in [9.17, 15) is 0 Å². The third-order valence-corrected chi connectivity index (χ3v) is 1.74. The predicted molar refractivity (Wildman–Crippen MR) is 56.8 cm³/mol. The van der Waals surface area contributed by atoms with E-state index in [4.69, 9.17) is 10.5 Å². The van der Waals surface area contributed by atoms with Crippen LogP contribution in [0.15, 0.2) is 12.7 Å². The summed E-state index contributed by atoms with van der Waals surface area (Å²) >= 11 is 0. The van der Waals surface area contributed by atoms with Gasteiger partial charge in [-0.25, -0.2) is 0 Å². The van der Waals surface area contributed by atoms with E-state index in [0.29, 0.717) is 13.2 Å². The Kier molecular flexibility index (Phi) is 9.42. The Bertz CT molecular complexity index is 117. The van der Waals surface area contributed by atoms with Gasteiger partial charge in [0, 0.05) is 19.6 Å². The number of hydrogen-bond donors (Lipinski definition) is 1. The number of ether oxygens (including phenoxy) is 1. The Hall–Kier alpha value is -0.380. The fourth-order valence-corrected chi connectivity index (χ4v) is 1.17. The maximum Gasteiger partial charge on any atom is 0.0594 e. The molecule has 0 saturated heterocycles. The highest BCUT2D eigenvalue weighted by Gasteiger charge is 1.99. The van der Waals surface area contributed by atoms with Crippen LogP contribution in [0.2, 0.25) is 0 Å². The number of hydrogen-bond acceptors (Lipinski definition) is 3. The Balaban J connectivity index is 3.38. The van der Waals surface area contributed by atoms with Crippen molar-refractivity contribution in [2.45, 2.75) is 13.3 Å². The zero-order valence-corrected chi connectivity index (χ0v) is 8.67. The van der Waals surface area contributed by atoms with Crippen LogP contribution in [0.3, 0.4) is 0 Å². The summed E-state index contributed by atoms with van der Waals surface area (Å²) in [4.78, 5) is 2.32. The maximum atomic E-state index is 5.31. The highest BCUT2D eigenvalue weighted by Crippen LogP contribution is 1.91. The van der Waals surface area contributed by atoms with Gasteiger partial charge >= 0.3 is 0 Å². The van der Waals surface area contributed by atoms with Gasteiger partial charge < -0.3 is 10.5 Å². The molecule has 0 aliphatic heterocycles. The first-order chi connectivity index (χ1) is 6.35. The van der Waals surface area contributed by atoms with Crippen molar-refractivity contribution in [1.29, 1.82) is 0 Å². The normalized spacial score (nSPS) is 10.7. The van der Waals surface area contributed by atoms with E-state index in [1.165, 1.54) is 6.42 Å². The molecule has 3 heteroatoms.